The number of rotatable bonds is 13. The van der Waals surface area contributed by atoms with Crippen LogP contribution in [-0.4, -0.2) is 43.8 Å². The van der Waals surface area contributed by atoms with E-state index in [0.29, 0.717) is 27.1 Å². The maximum absolute atomic E-state index is 14.6. The van der Waals surface area contributed by atoms with Crippen LogP contribution in [0.3, 0.4) is 0 Å². The maximum Gasteiger partial charge on any atom is 0.264 e. The van der Waals surface area contributed by atoms with Crippen molar-refractivity contribution in [3.8, 4) is 0 Å². The molecule has 0 radical (unpaired) electrons. The lowest BCUT2D eigenvalue weighted by Crippen LogP contribution is -2.54. The lowest BCUT2D eigenvalue weighted by atomic mass is 10.0. The van der Waals surface area contributed by atoms with Crippen molar-refractivity contribution < 1.29 is 18.0 Å². The number of amides is 2. The zero-order valence-electron chi connectivity index (χ0n) is 26.7. The molecule has 0 spiro atoms. The Morgan fingerprint density at radius 3 is 2.15 bits per heavy atom. The van der Waals surface area contributed by atoms with Gasteiger partial charge in [0.2, 0.25) is 11.8 Å². The summed E-state index contributed by atoms with van der Waals surface area (Å²) in [6.07, 6.45) is 0.860. The highest BCUT2D eigenvalue weighted by molar-refractivity contribution is 7.92. The average Bonchev–Trinajstić information content (AvgIpc) is 3.04. The molecule has 0 aromatic heterocycles. The Labute approximate surface area is 292 Å². The number of benzene rings is 4. The number of halogens is 3. The fourth-order valence-corrected chi connectivity index (χ4v) is 6.98. The first kappa shape index (κ1) is 36.3. The second kappa shape index (κ2) is 16.0. The minimum Gasteiger partial charge on any atom is -0.352 e. The second-order valence-electron chi connectivity index (χ2n) is 11.5. The van der Waals surface area contributed by atoms with E-state index in [4.69, 9.17) is 34.8 Å². The molecule has 7 nitrogen and oxygen atoms in total. The van der Waals surface area contributed by atoms with Crippen LogP contribution in [-0.2, 0) is 32.6 Å². The van der Waals surface area contributed by atoms with Crippen LogP contribution in [0.25, 0.3) is 0 Å². The van der Waals surface area contributed by atoms with Crippen LogP contribution in [0, 0.1) is 13.8 Å². The standard InChI is InChI=1S/C36H38Cl3N3O4S/c1-5-26(4)40-36(44)34(19-27-9-7-6-8-10-27)41(22-28-14-15-29(37)20-33(28)39)35(43)23-42(30-16-13-25(3)32(38)21-30)47(45,46)31-17-11-24(2)12-18-31/h6-18,20-21,26,34H,5,19,22-23H2,1-4H3,(H,40,44)/t26-,34-/m0/s1. The van der Waals surface area contributed by atoms with Crippen molar-refractivity contribution in [2.24, 2.45) is 0 Å². The van der Waals surface area contributed by atoms with E-state index < -0.39 is 28.5 Å². The molecule has 0 bridgehead atoms. The van der Waals surface area contributed by atoms with Gasteiger partial charge in [-0.3, -0.25) is 13.9 Å². The number of anilines is 1. The van der Waals surface area contributed by atoms with Crippen molar-refractivity contribution in [1.29, 1.82) is 0 Å². The zero-order chi connectivity index (χ0) is 34.3. The summed E-state index contributed by atoms with van der Waals surface area (Å²) in [5, 5.41) is 4.09. The van der Waals surface area contributed by atoms with Gasteiger partial charge in [0.1, 0.15) is 12.6 Å². The van der Waals surface area contributed by atoms with Crippen molar-refractivity contribution in [2.45, 2.75) is 64.1 Å². The first-order valence-corrected chi connectivity index (χ1v) is 17.8. The zero-order valence-corrected chi connectivity index (χ0v) is 29.8. The van der Waals surface area contributed by atoms with E-state index in [0.717, 1.165) is 21.0 Å². The molecule has 11 heteroatoms. The van der Waals surface area contributed by atoms with Crippen LogP contribution in [0.1, 0.15) is 42.5 Å². The number of carbonyl (C=O) groups is 2. The van der Waals surface area contributed by atoms with Gasteiger partial charge in [0.15, 0.2) is 0 Å². The van der Waals surface area contributed by atoms with Gasteiger partial charge in [0, 0.05) is 34.1 Å². The van der Waals surface area contributed by atoms with Gasteiger partial charge in [-0.15, -0.1) is 0 Å². The molecule has 1 N–H and O–H groups in total. The smallest absolute Gasteiger partial charge is 0.264 e. The highest BCUT2D eigenvalue weighted by Crippen LogP contribution is 2.30. The molecule has 0 heterocycles. The molecule has 0 aliphatic rings. The van der Waals surface area contributed by atoms with Gasteiger partial charge in [-0.2, -0.15) is 0 Å². The third-order valence-corrected chi connectivity index (χ3v) is 10.7. The summed E-state index contributed by atoms with van der Waals surface area (Å²) in [5.41, 5.74) is 3.21. The number of carbonyl (C=O) groups excluding carboxylic acids is 2. The van der Waals surface area contributed by atoms with Crippen molar-refractivity contribution in [2.75, 3.05) is 10.8 Å². The molecular formula is C36H38Cl3N3O4S. The molecule has 4 rings (SSSR count). The van der Waals surface area contributed by atoms with E-state index in [1.165, 1.54) is 23.1 Å². The number of aryl methyl sites for hydroxylation is 2. The Morgan fingerprint density at radius 2 is 1.53 bits per heavy atom. The molecule has 2 amide bonds. The number of nitrogens with zero attached hydrogens (tertiary/aromatic N) is 2. The molecule has 0 unspecified atom stereocenters. The van der Waals surface area contributed by atoms with Crippen molar-refractivity contribution in [3.63, 3.8) is 0 Å². The third-order valence-electron chi connectivity index (χ3n) is 7.96. The van der Waals surface area contributed by atoms with Crippen molar-refractivity contribution in [1.82, 2.24) is 10.2 Å². The predicted octanol–water partition coefficient (Wildman–Crippen LogP) is 8.01. The molecule has 0 aliphatic carbocycles. The van der Waals surface area contributed by atoms with Gasteiger partial charge in [0.25, 0.3) is 10.0 Å². The van der Waals surface area contributed by atoms with Gasteiger partial charge >= 0.3 is 0 Å². The molecule has 2 atom stereocenters. The normalized spacial score (nSPS) is 12.7. The molecule has 0 saturated carbocycles. The maximum atomic E-state index is 14.6. The van der Waals surface area contributed by atoms with Crippen molar-refractivity contribution >= 4 is 62.3 Å². The Morgan fingerprint density at radius 1 is 0.851 bits per heavy atom. The number of nitrogens with one attached hydrogen (secondary N) is 1. The predicted molar refractivity (Wildman–Crippen MR) is 191 cm³/mol. The van der Waals surface area contributed by atoms with E-state index in [1.54, 1.807) is 49.4 Å². The third kappa shape index (κ3) is 9.29. The number of hydrogen-bond donors (Lipinski definition) is 1. The molecule has 0 fully saturated rings. The first-order chi connectivity index (χ1) is 22.3. The SMILES string of the molecule is CC[C@H](C)NC(=O)[C@H](Cc1ccccc1)N(Cc1ccc(Cl)cc1Cl)C(=O)CN(c1ccc(C)c(Cl)c1)S(=O)(=O)c1ccc(C)cc1. The Bertz CT molecular complexity index is 1820. The molecular weight excluding hydrogens is 677 g/mol. The molecule has 0 aliphatic heterocycles. The molecule has 4 aromatic carbocycles. The molecule has 0 saturated heterocycles. The van der Waals surface area contributed by atoms with Gasteiger partial charge < -0.3 is 10.2 Å². The Hall–Kier alpha value is -3.56. The largest absolute Gasteiger partial charge is 0.352 e. The highest BCUT2D eigenvalue weighted by atomic mass is 35.5. The van der Waals surface area contributed by atoms with E-state index in [2.05, 4.69) is 5.32 Å². The van der Waals surface area contributed by atoms with E-state index in [-0.39, 0.29) is 35.5 Å². The summed E-state index contributed by atoms with van der Waals surface area (Å²) in [4.78, 5) is 30.0. The topological polar surface area (TPSA) is 86.8 Å². The Kier molecular flexibility index (Phi) is 12.4. The molecule has 4 aromatic rings. The van der Waals surface area contributed by atoms with Crippen LogP contribution in [0.15, 0.2) is 95.9 Å². The fraction of sp³-hybridized carbons (Fsp3) is 0.278. The van der Waals surface area contributed by atoms with Crippen LogP contribution >= 0.6 is 34.8 Å². The van der Waals surface area contributed by atoms with E-state index in [9.17, 15) is 18.0 Å². The van der Waals surface area contributed by atoms with E-state index >= 15 is 0 Å². The van der Waals surface area contributed by atoms with Crippen LogP contribution in [0.4, 0.5) is 5.69 Å². The van der Waals surface area contributed by atoms with Gasteiger partial charge in [-0.25, -0.2) is 8.42 Å². The molecule has 248 valence electrons. The average molecular weight is 715 g/mol. The van der Waals surface area contributed by atoms with Crippen LogP contribution in [0.2, 0.25) is 15.1 Å². The van der Waals surface area contributed by atoms with Crippen LogP contribution in [0.5, 0.6) is 0 Å². The minimum atomic E-state index is -4.26. The highest BCUT2D eigenvalue weighted by Gasteiger charge is 2.35. The van der Waals surface area contributed by atoms with Gasteiger partial charge in [0.05, 0.1) is 10.6 Å². The van der Waals surface area contributed by atoms with Crippen molar-refractivity contribution in [3.05, 3.63) is 128 Å². The first-order valence-electron chi connectivity index (χ1n) is 15.2. The number of sulfonamides is 1. The second-order valence-corrected chi connectivity index (χ2v) is 14.7. The summed E-state index contributed by atoms with van der Waals surface area (Å²) in [5.74, 6) is -0.975. The Balaban J connectivity index is 1.85. The van der Waals surface area contributed by atoms with Gasteiger partial charge in [-0.05, 0) is 80.3 Å². The van der Waals surface area contributed by atoms with Gasteiger partial charge in [-0.1, -0.05) is 102 Å². The lowest BCUT2D eigenvalue weighted by molar-refractivity contribution is -0.140. The lowest BCUT2D eigenvalue weighted by Gasteiger charge is -2.34. The summed E-state index contributed by atoms with van der Waals surface area (Å²) in [6, 6.07) is 24.3. The van der Waals surface area contributed by atoms with E-state index in [1.807, 2.05) is 51.1 Å². The fourth-order valence-electron chi connectivity index (χ4n) is 4.93. The molecule has 47 heavy (non-hydrogen) atoms. The number of hydrogen-bond acceptors (Lipinski definition) is 4. The summed E-state index contributed by atoms with van der Waals surface area (Å²) >= 11 is 19.2. The van der Waals surface area contributed by atoms with Crippen LogP contribution < -0.4 is 9.62 Å². The minimum absolute atomic E-state index is 0.00948. The summed E-state index contributed by atoms with van der Waals surface area (Å²) < 4.78 is 29.5. The summed E-state index contributed by atoms with van der Waals surface area (Å²) in [6.45, 7) is 6.81. The monoisotopic (exact) mass is 713 g/mol. The summed E-state index contributed by atoms with van der Waals surface area (Å²) in [7, 11) is -4.26. The quantitative estimate of drug-likeness (QED) is 0.152.